The summed E-state index contributed by atoms with van der Waals surface area (Å²) in [6, 6.07) is 16.6. The van der Waals surface area contributed by atoms with Crippen molar-refractivity contribution in [1.82, 2.24) is 9.88 Å². The van der Waals surface area contributed by atoms with Crippen LogP contribution in [0, 0.1) is 6.92 Å². The summed E-state index contributed by atoms with van der Waals surface area (Å²) in [5.41, 5.74) is 3.26. The Morgan fingerprint density at radius 1 is 1.07 bits per heavy atom. The van der Waals surface area contributed by atoms with Crippen molar-refractivity contribution in [2.75, 3.05) is 20.8 Å². The molecule has 0 spiro atoms. The highest BCUT2D eigenvalue weighted by molar-refractivity contribution is 5.53. The van der Waals surface area contributed by atoms with Gasteiger partial charge in [0, 0.05) is 18.2 Å². The van der Waals surface area contributed by atoms with Crippen LogP contribution in [0.2, 0.25) is 0 Å². The first-order valence-corrected chi connectivity index (χ1v) is 9.67. The third-order valence-corrected chi connectivity index (χ3v) is 5.42. The predicted octanol–water partition coefficient (Wildman–Crippen LogP) is 5.00. The monoisotopic (exact) mass is 378 g/mol. The molecule has 1 aromatic heterocycles. The van der Waals surface area contributed by atoms with E-state index in [0.717, 1.165) is 48.0 Å². The standard InChI is InChI=1S/C23H26N2O3/c1-16-19(24-23(28-16)17-8-5-4-6-9-17)15-25-13-7-10-20(25)18-11-12-21(26-2)22(14-18)27-3/h4-6,8-9,11-12,14,20H,7,10,13,15H2,1-3H3. The molecule has 5 nitrogen and oxygen atoms in total. The number of oxazole rings is 1. The lowest BCUT2D eigenvalue weighted by atomic mass is 10.0. The van der Waals surface area contributed by atoms with Crippen LogP contribution in [-0.4, -0.2) is 30.6 Å². The summed E-state index contributed by atoms with van der Waals surface area (Å²) < 4.78 is 16.8. The Hall–Kier alpha value is -2.79. The number of aryl methyl sites for hydroxylation is 1. The van der Waals surface area contributed by atoms with E-state index in [1.807, 2.05) is 43.3 Å². The second kappa shape index (κ2) is 8.07. The Kier molecular flexibility index (Phi) is 5.35. The van der Waals surface area contributed by atoms with Crippen molar-refractivity contribution >= 4 is 0 Å². The van der Waals surface area contributed by atoms with Gasteiger partial charge >= 0.3 is 0 Å². The van der Waals surface area contributed by atoms with Crippen molar-refractivity contribution in [3.05, 3.63) is 65.5 Å². The Morgan fingerprint density at radius 3 is 2.61 bits per heavy atom. The molecule has 0 amide bonds. The normalized spacial score (nSPS) is 17.0. The van der Waals surface area contributed by atoms with E-state index in [0.29, 0.717) is 11.9 Å². The Labute approximate surface area is 165 Å². The average Bonchev–Trinajstić information content (AvgIpc) is 3.35. The highest BCUT2D eigenvalue weighted by atomic mass is 16.5. The Balaban J connectivity index is 1.56. The third kappa shape index (κ3) is 3.62. The summed E-state index contributed by atoms with van der Waals surface area (Å²) in [6.45, 7) is 3.82. The molecule has 3 aromatic rings. The van der Waals surface area contributed by atoms with Gasteiger partial charge in [0.25, 0.3) is 0 Å². The number of hydrogen-bond donors (Lipinski definition) is 0. The first kappa shape index (κ1) is 18.6. The molecule has 5 heteroatoms. The van der Waals surface area contributed by atoms with Gasteiger partial charge < -0.3 is 13.9 Å². The molecule has 0 saturated carbocycles. The molecule has 1 fully saturated rings. The van der Waals surface area contributed by atoms with E-state index < -0.39 is 0 Å². The van der Waals surface area contributed by atoms with Crippen LogP contribution in [0.4, 0.5) is 0 Å². The number of aromatic nitrogens is 1. The highest BCUT2D eigenvalue weighted by Gasteiger charge is 2.28. The van der Waals surface area contributed by atoms with Crippen LogP contribution < -0.4 is 9.47 Å². The Morgan fingerprint density at radius 2 is 1.86 bits per heavy atom. The number of benzene rings is 2. The molecule has 4 rings (SSSR count). The van der Waals surface area contributed by atoms with E-state index in [9.17, 15) is 0 Å². The highest BCUT2D eigenvalue weighted by Crippen LogP contribution is 2.38. The van der Waals surface area contributed by atoms with Crippen LogP contribution in [0.15, 0.2) is 52.9 Å². The maximum absolute atomic E-state index is 5.94. The molecule has 146 valence electrons. The number of ether oxygens (including phenoxy) is 2. The van der Waals surface area contributed by atoms with Gasteiger partial charge in [0.15, 0.2) is 11.5 Å². The molecule has 1 aliphatic rings. The fourth-order valence-electron chi connectivity index (χ4n) is 3.92. The van der Waals surface area contributed by atoms with Crippen LogP contribution in [-0.2, 0) is 6.54 Å². The molecule has 2 heterocycles. The number of methoxy groups -OCH3 is 2. The molecule has 2 aromatic carbocycles. The van der Waals surface area contributed by atoms with E-state index in [-0.39, 0.29) is 0 Å². The van der Waals surface area contributed by atoms with Gasteiger partial charge in [0.1, 0.15) is 5.76 Å². The molecule has 1 unspecified atom stereocenters. The zero-order chi connectivity index (χ0) is 19.5. The second-order valence-corrected chi connectivity index (χ2v) is 7.13. The molecule has 0 aliphatic carbocycles. The summed E-state index contributed by atoms with van der Waals surface area (Å²) in [4.78, 5) is 7.25. The molecular weight excluding hydrogens is 352 g/mol. The zero-order valence-electron chi connectivity index (χ0n) is 16.6. The topological polar surface area (TPSA) is 47.7 Å². The second-order valence-electron chi connectivity index (χ2n) is 7.13. The molecular formula is C23H26N2O3. The molecule has 0 bridgehead atoms. The number of nitrogens with zero attached hydrogens (tertiary/aromatic N) is 2. The van der Waals surface area contributed by atoms with Crippen LogP contribution >= 0.6 is 0 Å². The minimum absolute atomic E-state index is 0.344. The lowest BCUT2D eigenvalue weighted by Crippen LogP contribution is -2.23. The van der Waals surface area contributed by atoms with E-state index >= 15 is 0 Å². The maximum Gasteiger partial charge on any atom is 0.226 e. The summed E-state index contributed by atoms with van der Waals surface area (Å²) in [5, 5.41) is 0. The molecule has 1 saturated heterocycles. The fourth-order valence-corrected chi connectivity index (χ4v) is 3.92. The minimum atomic E-state index is 0.344. The van der Waals surface area contributed by atoms with Crippen LogP contribution in [0.25, 0.3) is 11.5 Å². The van der Waals surface area contributed by atoms with E-state index in [2.05, 4.69) is 17.0 Å². The quantitative estimate of drug-likeness (QED) is 0.604. The Bertz CT molecular complexity index is 936. The average molecular weight is 378 g/mol. The van der Waals surface area contributed by atoms with Crippen molar-refractivity contribution in [2.24, 2.45) is 0 Å². The van der Waals surface area contributed by atoms with Crippen LogP contribution in [0.5, 0.6) is 11.5 Å². The number of rotatable bonds is 6. The lowest BCUT2D eigenvalue weighted by Gasteiger charge is -2.24. The van der Waals surface area contributed by atoms with Gasteiger partial charge in [-0.2, -0.15) is 0 Å². The van der Waals surface area contributed by atoms with Gasteiger partial charge in [-0.25, -0.2) is 4.98 Å². The maximum atomic E-state index is 5.94. The molecule has 0 N–H and O–H groups in total. The van der Waals surface area contributed by atoms with Gasteiger partial charge in [-0.15, -0.1) is 0 Å². The van der Waals surface area contributed by atoms with Gasteiger partial charge in [-0.3, -0.25) is 4.90 Å². The van der Waals surface area contributed by atoms with Crippen LogP contribution in [0.1, 0.15) is 35.9 Å². The van der Waals surface area contributed by atoms with E-state index in [4.69, 9.17) is 18.9 Å². The van der Waals surface area contributed by atoms with Gasteiger partial charge in [0.05, 0.1) is 19.9 Å². The fraction of sp³-hybridized carbons (Fsp3) is 0.348. The summed E-state index contributed by atoms with van der Waals surface area (Å²) in [7, 11) is 3.34. The van der Waals surface area contributed by atoms with Crippen molar-refractivity contribution in [3.8, 4) is 23.0 Å². The van der Waals surface area contributed by atoms with Crippen molar-refractivity contribution in [2.45, 2.75) is 32.4 Å². The molecule has 1 aliphatic heterocycles. The minimum Gasteiger partial charge on any atom is -0.493 e. The van der Waals surface area contributed by atoms with Gasteiger partial charge in [-0.1, -0.05) is 24.3 Å². The van der Waals surface area contributed by atoms with E-state index in [1.165, 1.54) is 12.0 Å². The van der Waals surface area contributed by atoms with Crippen molar-refractivity contribution < 1.29 is 13.9 Å². The largest absolute Gasteiger partial charge is 0.493 e. The van der Waals surface area contributed by atoms with E-state index in [1.54, 1.807) is 14.2 Å². The van der Waals surface area contributed by atoms with Crippen molar-refractivity contribution in [3.63, 3.8) is 0 Å². The smallest absolute Gasteiger partial charge is 0.226 e. The molecule has 28 heavy (non-hydrogen) atoms. The number of hydrogen-bond acceptors (Lipinski definition) is 5. The summed E-state index contributed by atoms with van der Waals surface area (Å²) in [5.74, 6) is 3.11. The SMILES string of the molecule is COc1ccc(C2CCCN2Cc2nc(-c3ccccc3)oc2C)cc1OC. The summed E-state index contributed by atoms with van der Waals surface area (Å²) in [6.07, 6.45) is 2.29. The predicted molar refractivity (Wildman–Crippen MR) is 109 cm³/mol. The van der Waals surface area contributed by atoms with Crippen molar-refractivity contribution in [1.29, 1.82) is 0 Å². The first-order chi connectivity index (χ1) is 13.7. The van der Waals surface area contributed by atoms with Crippen LogP contribution in [0.3, 0.4) is 0 Å². The number of likely N-dealkylation sites (tertiary alicyclic amines) is 1. The van der Waals surface area contributed by atoms with Gasteiger partial charge in [0.2, 0.25) is 5.89 Å². The third-order valence-electron chi connectivity index (χ3n) is 5.42. The molecule has 1 atom stereocenters. The first-order valence-electron chi connectivity index (χ1n) is 9.67. The molecule has 0 radical (unpaired) electrons. The zero-order valence-corrected chi connectivity index (χ0v) is 16.6. The lowest BCUT2D eigenvalue weighted by molar-refractivity contribution is 0.243. The summed E-state index contributed by atoms with van der Waals surface area (Å²) >= 11 is 0. The van der Waals surface area contributed by atoms with Gasteiger partial charge in [-0.05, 0) is 56.1 Å².